The van der Waals surface area contributed by atoms with E-state index in [-0.39, 0.29) is 29.6 Å². The maximum absolute atomic E-state index is 13.1. The van der Waals surface area contributed by atoms with E-state index in [1.807, 2.05) is 30.3 Å². The lowest BCUT2D eigenvalue weighted by molar-refractivity contribution is 0.0734. The number of nitrogens with one attached hydrogen (secondary N) is 2. The van der Waals surface area contributed by atoms with Crippen LogP contribution in [0.3, 0.4) is 0 Å². The predicted octanol–water partition coefficient (Wildman–Crippen LogP) is 3.59. The van der Waals surface area contributed by atoms with Gasteiger partial charge in [-0.15, -0.1) is 5.10 Å². The van der Waals surface area contributed by atoms with Crippen LogP contribution in [0.4, 0.5) is 11.5 Å². The van der Waals surface area contributed by atoms with Gasteiger partial charge in [-0.1, -0.05) is 57.5 Å². The van der Waals surface area contributed by atoms with E-state index >= 15 is 0 Å². The number of rotatable bonds is 9. The minimum atomic E-state index is -0.653. The second kappa shape index (κ2) is 12.0. The monoisotopic (exact) mass is 601 g/mol. The molecule has 14 heteroatoms. The van der Waals surface area contributed by atoms with Gasteiger partial charge in [-0.25, -0.2) is 14.8 Å². The van der Waals surface area contributed by atoms with E-state index in [1.165, 1.54) is 10.9 Å². The Balaban J connectivity index is 1.36. The van der Waals surface area contributed by atoms with Crippen LogP contribution in [0.5, 0.6) is 5.75 Å². The van der Waals surface area contributed by atoms with E-state index in [9.17, 15) is 9.59 Å². The summed E-state index contributed by atoms with van der Waals surface area (Å²) in [6, 6.07) is 23.0. The Morgan fingerprint density at radius 1 is 1.05 bits per heavy atom. The molecular formula is C26H20BrN9O4. The Bertz CT molecular complexity index is 1670. The van der Waals surface area contributed by atoms with Crippen molar-refractivity contribution in [2.24, 2.45) is 5.10 Å². The minimum Gasteiger partial charge on any atom is -0.422 e. The van der Waals surface area contributed by atoms with Gasteiger partial charge in [0.25, 0.3) is 5.91 Å². The third-order valence-corrected chi connectivity index (χ3v) is 5.96. The molecule has 0 aliphatic carbocycles. The fraction of sp³-hybridized carbons (Fsp3) is 0.0385. The summed E-state index contributed by atoms with van der Waals surface area (Å²) in [7, 11) is 0. The van der Waals surface area contributed by atoms with E-state index < -0.39 is 11.9 Å². The summed E-state index contributed by atoms with van der Waals surface area (Å²) in [6.07, 6.45) is 1.35. The Hall–Kier alpha value is -5.37. The number of aromatic nitrogens is 5. The first-order valence-corrected chi connectivity index (χ1v) is 12.5. The van der Waals surface area contributed by atoms with Crippen LogP contribution in [0, 0.1) is 0 Å². The van der Waals surface area contributed by atoms with Crippen LogP contribution in [-0.2, 0) is 6.54 Å². The first kappa shape index (κ1) is 26.2. The first-order valence-electron chi connectivity index (χ1n) is 11.7. The van der Waals surface area contributed by atoms with Gasteiger partial charge in [0, 0.05) is 15.7 Å². The largest absolute Gasteiger partial charge is 0.422 e. The molecule has 0 fully saturated rings. The number of hydrogen-bond acceptors (Lipinski definition) is 11. The number of para-hydroxylation sites is 1. The van der Waals surface area contributed by atoms with Crippen LogP contribution in [0.1, 0.15) is 32.1 Å². The van der Waals surface area contributed by atoms with E-state index in [4.69, 9.17) is 10.5 Å². The molecule has 5 aromatic rings. The lowest BCUT2D eigenvalue weighted by atomic mass is 10.2. The fourth-order valence-corrected chi connectivity index (χ4v) is 3.92. The molecule has 0 unspecified atom stereocenters. The highest BCUT2D eigenvalue weighted by atomic mass is 79.9. The minimum absolute atomic E-state index is 0.0249. The van der Waals surface area contributed by atoms with Gasteiger partial charge in [0.05, 0.1) is 24.0 Å². The number of amides is 1. The molecule has 0 aliphatic rings. The van der Waals surface area contributed by atoms with Gasteiger partial charge in [0.15, 0.2) is 5.69 Å². The molecule has 1 amide bonds. The first-order chi connectivity index (χ1) is 19.5. The number of carbonyl (C=O) groups excluding carboxylic acids is 2. The number of anilines is 2. The Morgan fingerprint density at radius 3 is 2.52 bits per heavy atom. The second-order valence-corrected chi connectivity index (χ2v) is 9.04. The molecular weight excluding hydrogens is 582 g/mol. The summed E-state index contributed by atoms with van der Waals surface area (Å²) < 4.78 is 12.2. The molecule has 0 spiro atoms. The zero-order chi connectivity index (χ0) is 27.9. The number of hydrazone groups is 1. The topological polar surface area (TPSA) is 175 Å². The van der Waals surface area contributed by atoms with Crippen molar-refractivity contribution >= 4 is 45.5 Å². The van der Waals surface area contributed by atoms with Crippen LogP contribution in [0.15, 0.2) is 93.1 Å². The van der Waals surface area contributed by atoms with Crippen LogP contribution in [0.2, 0.25) is 0 Å². The lowest BCUT2D eigenvalue weighted by Crippen LogP contribution is -2.21. The fourth-order valence-electron chi connectivity index (χ4n) is 3.55. The molecule has 40 heavy (non-hydrogen) atoms. The average molecular weight is 602 g/mol. The zero-order valence-electron chi connectivity index (χ0n) is 20.6. The zero-order valence-corrected chi connectivity index (χ0v) is 22.1. The second-order valence-electron chi connectivity index (χ2n) is 8.13. The molecule has 0 aliphatic heterocycles. The van der Waals surface area contributed by atoms with Gasteiger partial charge in [-0.3, -0.25) is 4.79 Å². The van der Waals surface area contributed by atoms with E-state index in [1.54, 1.807) is 48.5 Å². The number of benzene rings is 3. The number of nitrogen functional groups attached to an aromatic ring is 1. The van der Waals surface area contributed by atoms with Crippen LogP contribution in [0.25, 0.3) is 5.82 Å². The Kier molecular flexibility index (Phi) is 7.87. The normalized spacial score (nSPS) is 10.9. The number of carbonyl (C=O) groups is 2. The smallest absolute Gasteiger partial charge is 0.343 e. The Labute approximate surface area is 235 Å². The number of halogens is 1. The van der Waals surface area contributed by atoms with Crippen molar-refractivity contribution in [3.05, 3.63) is 106 Å². The van der Waals surface area contributed by atoms with Crippen molar-refractivity contribution in [2.45, 2.75) is 6.54 Å². The van der Waals surface area contributed by atoms with Crippen LogP contribution >= 0.6 is 15.9 Å². The SMILES string of the molecule is Nc1nonc1-n1nnc(C(=O)N/N=C\c2cc(Br)ccc2OC(=O)c2ccccc2)c1CNc1ccccc1. The van der Waals surface area contributed by atoms with Crippen molar-refractivity contribution in [3.8, 4) is 11.6 Å². The summed E-state index contributed by atoms with van der Waals surface area (Å²) in [4.78, 5) is 25.6. The highest BCUT2D eigenvalue weighted by molar-refractivity contribution is 9.10. The molecule has 0 radical (unpaired) electrons. The van der Waals surface area contributed by atoms with E-state index in [0.29, 0.717) is 16.8 Å². The van der Waals surface area contributed by atoms with E-state index in [2.05, 4.69) is 57.0 Å². The van der Waals surface area contributed by atoms with Crippen LogP contribution < -0.4 is 21.2 Å². The van der Waals surface area contributed by atoms with Crippen molar-refractivity contribution in [2.75, 3.05) is 11.1 Å². The molecule has 5 rings (SSSR count). The standard InChI is InChI=1S/C26H20BrN9O4/c27-18-11-12-21(39-26(38)16-7-3-1-4-8-16)17(13-18)14-30-32-25(37)22-20(15-29-19-9-5-2-6-10-19)36(35-31-22)24-23(28)33-40-34-24/h1-14,29H,15H2,(H2,28,33)(H,32,37)/b30-14-. The van der Waals surface area contributed by atoms with Crippen molar-refractivity contribution in [1.82, 2.24) is 30.7 Å². The highest BCUT2D eigenvalue weighted by Gasteiger charge is 2.24. The molecule has 13 nitrogen and oxygen atoms in total. The molecule has 4 N–H and O–H groups in total. The number of ether oxygens (including phenoxy) is 1. The van der Waals surface area contributed by atoms with Gasteiger partial charge in [-0.2, -0.15) is 9.78 Å². The molecule has 200 valence electrons. The lowest BCUT2D eigenvalue weighted by Gasteiger charge is -2.09. The van der Waals surface area contributed by atoms with Gasteiger partial charge < -0.3 is 15.8 Å². The molecule has 0 saturated heterocycles. The van der Waals surface area contributed by atoms with Gasteiger partial charge in [0.2, 0.25) is 11.6 Å². The third-order valence-electron chi connectivity index (χ3n) is 5.46. The number of nitrogens with two attached hydrogens (primary N) is 1. The van der Waals surface area contributed by atoms with Crippen molar-refractivity contribution in [1.29, 1.82) is 0 Å². The molecule has 0 atom stereocenters. The van der Waals surface area contributed by atoms with Gasteiger partial charge in [-0.05, 0) is 52.8 Å². The maximum Gasteiger partial charge on any atom is 0.343 e. The van der Waals surface area contributed by atoms with Gasteiger partial charge in [0.1, 0.15) is 5.75 Å². The van der Waals surface area contributed by atoms with E-state index in [0.717, 1.165) is 10.2 Å². The van der Waals surface area contributed by atoms with Crippen molar-refractivity contribution < 1.29 is 19.0 Å². The third kappa shape index (κ3) is 6.02. The predicted molar refractivity (Wildman–Crippen MR) is 148 cm³/mol. The summed E-state index contributed by atoms with van der Waals surface area (Å²) in [5.74, 6) is -0.875. The summed E-state index contributed by atoms with van der Waals surface area (Å²) in [6.45, 7) is 0.140. The molecule has 2 heterocycles. The number of nitrogens with zero attached hydrogens (tertiary/aromatic N) is 6. The average Bonchev–Trinajstić information content (AvgIpc) is 3.59. The Morgan fingerprint density at radius 2 is 1.80 bits per heavy atom. The summed E-state index contributed by atoms with van der Waals surface area (Å²) in [5, 5.41) is 22.6. The molecule has 0 saturated carbocycles. The quantitative estimate of drug-likeness (QED) is 0.0979. The maximum atomic E-state index is 13.1. The molecule has 0 bridgehead atoms. The molecule has 3 aromatic carbocycles. The van der Waals surface area contributed by atoms with Crippen molar-refractivity contribution in [3.63, 3.8) is 0 Å². The van der Waals surface area contributed by atoms with Crippen LogP contribution in [-0.4, -0.2) is 43.4 Å². The van der Waals surface area contributed by atoms with Gasteiger partial charge >= 0.3 is 5.97 Å². The number of esters is 1. The summed E-state index contributed by atoms with van der Waals surface area (Å²) >= 11 is 3.39. The highest BCUT2D eigenvalue weighted by Crippen LogP contribution is 2.23. The molecule has 2 aromatic heterocycles. The summed E-state index contributed by atoms with van der Waals surface area (Å²) in [5.41, 5.74) is 10.2. The number of hydrogen-bond donors (Lipinski definition) is 3.